The third kappa shape index (κ3) is 3.62. The predicted octanol–water partition coefficient (Wildman–Crippen LogP) is 1.93. The molecule has 0 saturated carbocycles. The number of amides is 1. The summed E-state index contributed by atoms with van der Waals surface area (Å²) >= 11 is 0. The fourth-order valence-electron chi connectivity index (χ4n) is 1.28. The molecule has 4 heteroatoms. The van der Waals surface area contributed by atoms with Gasteiger partial charge in [-0.2, -0.15) is 5.26 Å². The molecule has 1 heterocycles. The summed E-state index contributed by atoms with van der Waals surface area (Å²) < 4.78 is 5.21. The lowest BCUT2D eigenvalue weighted by atomic mass is 10.1. The van der Waals surface area contributed by atoms with E-state index in [0.29, 0.717) is 13.1 Å². The van der Waals surface area contributed by atoms with E-state index in [1.165, 1.54) is 0 Å². The average molecular weight is 208 g/mol. The van der Waals surface area contributed by atoms with Crippen molar-refractivity contribution in [3.05, 3.63) is 12.2 Å². The van der Waals surface area contributed by atoms with Gasteiger partial charge < -0.3 is 9.64 Å². The van der Waals surface area contributed by atoms with E-state index in [2.05, 4.69) is 6.07 Å². The Hall–Kier alpha value is -1.50. The smallest absolute Gasteiger partial charge is 0.410 e. The monoisotopic (exact) mass is 208 g/mol. The van der Waals surface area contributed by atoms with Crippen LogP contribution in [0.1, 0.15) is 20.8 Å². The van der Waals surface area contributed by atoms with Crippen molar-refractivity contribution < 1.29 is 9.53 Å². The quantitative estimate of drug-likeness (QED) is 0.571. The molecule has 0 saturated heterocycles. The van der Waals surface area contributed by atoms with Crippen molar-refractivity contribution in [3.63, 3.8) is 0 Å². The first-order chi connectivity index (χ1) is 6.92. The number of ether oxygens (including phenoxy) is 1. The first kappa shape index (κ1) is 11.6. The molecule has 0 unspecified atom stereocenters. The number of nitriles is 1. The van der Waals surface area contributed by atoms with Crippen LogP contribution in [0.15, 0.2) is 12.2 Å². The summed E-state index contributed by atoms with van der Waals surface area (Å²) in [5, 5.41) is 8.74. The zero-order chi connectivity index (χ0) is 11.5. The van der Waals surface area contributed by atoms with Gasteiger partial charge in [-0.1, -0.05) is 12.2 Å². The summed E-state index contributed by atoms with van der Waals surface area (Å²) in [4.78, 5) is 13.2. The van der Waals surface area contributed by atoms with Crippen LogP contribution in [0.5, 0.6) is 0 Å². The highest BCUT2D eigenvalue weighted by molar-refractivity contribution is 5.68. The Morgan fingerprint density at radius 3 is 2.80 bits per heavy atom. The summed E-state index contributed by atoms with van der Waals surface area (Å²) in [6.45, 7) is 6.42. The van der Waals surface area contributed by atoms with E-state index in [9.17, 15) is 4.79 Å². The van der Waals surface area contributed by atoms with Crippen molar-refractivity contribution in [3.8, 4) is 6.07 Å². The Morgan fingerprint density at radius 2 is 2.27 bits per heavy atom. The van der Waals surface area contributed by atoms with Gasteiger partial charge in [0.2, 0.25) is 0 Å². The molecule has 0 aromatic rings. The maximum Gasteiger partial charge on any atom is 0.410 e. The van der Waals surface area contributed by atoms with Crippen LogP contribution in [-0.2, 0) is 4.74 Å². The molecule has 0 spiro atoms. The van der Waals surface area contributed by atoms with Gasteiger partial charge in [-0.25, -0.2) is 4.79 Å². The lowest BCUT2D eigenvalue weighted by molar-refractivity contribution is 0.0255. The highest BCUT2D eigenvalue weighted by Gasteiger charge is 2.24. The number of hydrogen-bond donors (Lipinski definition) is 0. The first-order valence-electron chi connectivity index (χ1n) is 4.96. The summed E-state index contributed by atoms with van der Waals surface area (Å²) in [5.41, 5.74) is -0.486. The van der Waals surface area contributed by atoms with Gasteiger partial charge >= 0.3 is 6.09 Å². The standard InChI is InChI=1S/C11H16N2O2/c1-11(2,3)15-10(14)13-6-4-5-9(7-12)8-13/h4-5,9H,6,8H2,1-3H3/t9-/m1/s1. The van der Waals surface area contributed by atoms with Gasteiger partial charge in [0.25, 0.3) is 0 Å². The molecule has 1 aliphatic rings. The second-order valence-corrected chi connectivity index (χ2v) is 4.55. The zero-order valence-corrected chi connectivity index (χ0v) is 9.36. The van der Waals surface area contributed by atoms with E-state index in [4.69, 9.17) is 10.00 Å². The number of hydrogen-bond acceptors (Lipinski definition) is 3. The molecule has 0 radical (unpaired) electrons. The normalized spacial score (nSPS) is 20.9. The highest BCUT2D eigenvalue weighted by atomic mass is 16.6. The van der Waals surface area contributed by atoms with Crippen molar-refractivity contribution in [2.45, 2.75) is 26.4 Å². The van der Waals surface area contributed by atoms with Crippen molar-refractivity contribution in [2.24, 2.45) is 5.92 Å². The molecular weight excluding hydrogens is 192 g/mol. The largest absolute Gasteiger partial charge is 0.444 e. The van der Waals surface area contributed by atoms with E-state index >= 15 is 0 Å². The molecule has 0 aliphatic carbocycles. The van der Waals surface area contributed by atoms with Crippen molar-refractivity contribution in [2.75, 3.05) is 13.1 Å². The van der Waals surface area contributed by atoms with Crippen LogP contribution in [0, 0.1) is 17.2 Å². The van der Waals surface area contributed by atoms with Crippen LogP contribution in [-0.4, -0.2) is 29.7 Å². The summed E-state index contributed by atoms with van der Waals surface area (Å²) in [7, 11) is 0. The summed E-state index contributed by atoms with van der Waals surface area (Å²) in [5.74, 6) is -0.216. The van der Waals surface area contributed by atoms with Gasteiger partial charge in [0.15, 0.2) is 0 Å². The van der Waals surface area contributed by atoms with Gasteiger partial charge in [0.1, 0.15) is 5.60 Å². The van der Waals surface area contributed by atoms with Gasteiger partial charge in [0.05, 0.1) is 12.0 Å². The third-order valence-electron chi connectivity index (χ3n) is 1.93. The first-order valence-corrected chi connectivity index (χ1v) is 4.96. The minimum Gasteiger partial charge on any atom is -0.444 e. The number of nitrogens with zero attached hydrogens (tertiary/aromatic N) is 2. The Bertz CT molecular complexity index is 310. The van der Waals surface area contributed by atoms with Crippen LogP contribution >= 0.6 is 0 Å². The zero-order valence-electron chi connectivity index (χ0n) is 9.36. The lowest BCUT2D eigenvalue weighted by Crippen LogP contribution is -2.40. The molecule has 1 amide bonds. The predicted molar refractivity (Wildman–Crippen MR) is 56.1 cm³/mol. The number of rotatable bonds is 0. The Labute approximate surface area is 90.1 Å². The Morgan fingerprint density at radius 1 is 1.60 bits per heavy atom. The van der Waals surface area contributed by atoms with E-state index in [1.807, 2.05) is 32.9 Å². The Kier molecular flexibility index (Phi) is 3.35. The number of carbonyl (C=O) groups excluding carboxylic acids is 1. The molecule has 4 nitrogen and oxygen atoms in total. The maximum atomic E-state index is 11.6. The second kappa shape index (κ2) is 4.35. The molecule has 0 fully saturated rings. The fourth-order valence-corrected chi connectivity index (χ4v) is 1.28. The molecule has 1 rings (SSSR count). The maximum absolute atomic E-state index is 11.6. The highest BCUT2D eigenvalue weighted by Crippen LogP contribution is 2.14. The van der Waals surface area contributed by atoms with Crippen molar-refractivity contribution in [1.82, 2.24) is 4.90 Å². The van der Waals surface area contributed by atoms with Crippen LogP contribution in [0.2, 0.25) is 0 Å². The molecule has 82 valence electrons. The van der Waals surface area contributed by atoms with Crippen LogP contribution in [0.3, 0.4) is 0 Å². The minimum atomic E-state index is -0.486. The van der Waals surface area contributed by atoms with Crippen LogP contribution in [0.4, 0.5) is 4.79 Å². The topological polar surface area (TPSA) is 53.3 Å². The fraction of sp³-hybridized carbons (Fsp3) is 0.636. The van der Waals surface area contributed by atoms with E-state index in [0.717, 1.165) is 0 Å². The molecule has 15 heavy (non-hydrogen) atoms. The van der Waals surface area contributed by atoms with E-state index < -0.39 is 5.60 Å². The van der Waals surface area contributed by atoms with Gasteiger partial charge in [-0.15, -0.1) is 0 Å². The van der Waals surface area contributed by atoms with E-state index in [-0.39, 0.29) is 12.0 Å². The van der Waals surface area contributed by atoms with Gasteiger partial charge in [0, 0.05) is 13.1 Å². The summed E-state index contributed by atoms with van der Waals surface area (Å²) in [6.07, 6.45) is 3.29. The van der Waals surface area contributed by atoms with E-state index in [1.54, 1.807) is 4.90 Å². The molecule has 0 bridgehead atoms. The van der Waals surface area contributed by atoms with Crippen LogP contribution < -0.4 is 0 Å². The lowest BCUT2D eigenvalue weighted by Gasteiger charge is -2.29. The third-order valence-corrected chi connectivity index (χ3v) is 1.93. The van der Waals surface area contributed by atoms with Gasteiger partial charge in [-0.05, 0) is 20.8 Å². The van der Waals surface area contributed by atoms with Crippen LogP contribution in [0.25, 0.3) is 0 Å². The van der Waals surface area contributed by atoms with Crippen molar-refractivity contribution >= 4 is 6.09 Å². The molecule has 1 aliphatic heterocycles. The molecule has 0 aromatic carbocycles. The molecular formula is C11H16N2O2. The van der Waals surface area contributed by atoms with Crippen molar-refractivity contribution in [1.29, 1.82) is 5.26 Å². The molecule has 0 N–H and O–H groups in total. The summed E-state index contributed by atoms with van der Waals surface area (Å²) in [6, 6.07) is 2.12. The Balaban J connectivity index is 2.56. The minimum absolute atomic E-state index is 0.216. The molecule has 1 atom stereocenters. The second-order valence-electron chi connectivity index (χ2n) is 4.55. The van der Waals surface area contributed by atoms with Gasteiger partial charge in [-0.3, -0.25) is 0 Å². The molecule has 0 aromatic heterocycles. The SMILES string of the molecule is CC(C)(C)OC(=O)N1CC=C[C@H](C#N)C1. The average Bonchev–Trinajstić information content (AvgIpc) is 2.15. The number of carbonyl (C=O) groups is 1.